The van der Waals surface area contributed by atoms with E-state index in [-0.39, 0.29) is 25.9 Å². The molecule has 0 aromatic heterocycles. The summed E-state index contributed by atoms with van der Waals surface area (Å²) in [6.07, 6.45) is 55.7. The average Bonchev–Trinajstić information content (AvgIpc) is 3.42. The van der Waals surface area contributed by atoms with Gasteiger partial charge >= 0.3 is 23.9 Å². The fourth-order valence-corrected chi connectivity index (χ4v) is 8.82. The van der Waals surface area contributed by atoms with Crippen LogP contribution in [0.3, 0.4) is 0 Å². The van der Waals surface area contributed by atoms with E-state index in [9.17, 15) is 34.5 Å². The number of carboxylic acid groups (broad SMARTS) is 1. The first-order valence-corrected chi connectivity index (χ1v) is 30.6. The summed E-state index contributed by atoms with van der Waals surface area (Å²) >= 11 is 0. The highest BCUT2D eigenvalue weighted by atomic mass is 16.7. The molecule has 6 unspecified atom stereocenters. The van der Waals surface area contributed by atoms with Gasteiger partial charge in [0.1, 0.15) is 18.8 Å². The van der Waals surface area contributed by atoms with E-state index in [1.54, 1.807) is 6.08 Å². The second-order valence-corrected chi connectivity index (χ2v) is 20.6. The van der Waals surface area contributed by atoms with Crippen molar-refractivity contribution in [3.8, 4) is 0 Å². The second-order valence-electron chi connectivity index (χ2n) is 20.6. The third-order valence-electron chi connectivity index (χ3n) is 13.5. The van der Waals surface area contributed by atoms with E-state index in [4.69, 9.17) is 23.7 Å². The van der Waals surface area contributed by atoms with Crippen LogP contribution in [0, 0.1) is 0 Å². The van der Waals surface area contributed by atoms with Crippen LogP contribution in [-0.2, 0) is 42.9 Å². The van der Waals surface area contributed by atoms with Crippen LogP contribution in [0.15, 0.2) is 85.1 Å². The molecule has 0 spiro atoms. The summed E-state index contributed by atoms with van der Waals surface area (Å²) in [5.41, 5.74) is 0. The van der Waals surface area contributed by atoms with Crippen molar-refractivity contribution in [1.29, 1.82) is 0 Å². The number of esters is 3. The van der Waals surface area contributed by atoms with Crippen molar-refractivity contribution < 1.29 is 58.2 Å². The molecule has 0 aromatic rings. The number of carbonyl (C=O) groups excluding carboxylic acids is 3. The Kier molecular flexibility index (Phi) is 48.4. The smallest absolute Gasteiger partial charge is 0.335 e. The minimum atomic E-state index is -1.92. The number of carboxylic acids is 1. The summed E-state index contributed by atoms with van der Waals surface area (Å²) in [5, 5.41) is 31.5. The van der Waals surface area contributed by atoms with E-state index >= 15 is 0 Å². The lowest BCUT2D eigenvalue weighted by atomic mass is 9.98. The molecule has 1 aliphatic heterocycles. The molecule has 1 rings (SSSR count). The Morgan fingerprint density at radius 2 is 0.857 bits per heavy atom. The van der Waals surface area contributed by atoms with E-state index in [0.29, 0.717) is 19.3 Å². The van der Waals surface area contributed by atoms with Gasteiger partial charge in [-0.3, -0.25) is 14.4 Å². The van der Waals surface area contributed by atoms with E-state index in [2.05, 4.69) is 87.6 Å². The highest BCUT2D eigenvalue weighted by Crippen LogP contribution is 2.26. The largest absolute Gasteiger partial charge is 0.479 e. The maximum atomic E-state index is 13.2. The van der Waals surface area contributed by atoms with Crippen LogP contribution >= 0.6 is 0 Å². The first-order valence-electron chi connectivity index (χ1n) is 30.6. The van der Waals surface area contributed by atoms with E-state index in [1.165, 1.54) is 89.9 Å². The number of carbonyl (C=O) groups is 4. The molecule has 6 atom stereocenters. The number of aliphatic hydroxyl groups excluding tert-OH is 2. The predicted molar refractivity (Wildman–Crippen MR) is 312 cm³/mol. The van der Waals surface area contributed by atoms with Crippen LogP contribution < -0.4 is 0 Å². The molecule has 12 nitrogen and oxygen atoms in total. The van der Waals surface area contributed by atoms with Crippen LogP contribution in [0.5, 0.6) is 0 Å². The monoisotopic (exact) mass is 1080 g/mol. The number of allylic oxidation sites excluding steroid dienone is 13. The Hall–Kier alpha value is -4.10. The molecule has 1 fully saturated rings. The first-order chi connectivity index (χ1) is 37.6. The minimum absolute atomic E-state index is 0.0160. The van der Waals surface area contributed by atoms with Crippen LogP contribution in [0.25, 0.3) is 0 Å². The number of rotatable bonds is 51. The lowest BCUT2D eigenvalue weighted by Gasteiger charge is -2.40. The molecule has 0 amide bonds. The normalized spacial score (nSPS) is 18.6. The lowest BCUT2D eigenvalue weighted by Crippen LogP contribution is -2.61. The molecule has 0 aromatic carbocycles. The second kappa shape index (κ2) is 52.6. The first kappa shape index (κ1) is 70.9. The number of hydrogen-bond acceptors (Lipinski definition) is 11. The van der Waals surface area contributed by atoms with E-state index < -0.39 is 67.3 Å². The predicted octanol–water partition coefficient (Wildman–Crippen LogP) is 15.9. The molecule has 1 heterocycles. The Morgan fingerprint density at radius 3 is 1.34 bits per heavy atom. The van der Waals surface area contributed by atoms with Gasteiger partial charge in [-0.15, -0.1) is 0 Å². The van der Waals surface area contributed by atoms with E-state index in [0.717, 1.165) is 103 Å². The molecule has 3 N–H and O–H groups in total. The van der Waals surface area contributed by atoms with Gasteiger partial charge in [0, 0.05) is 12.8 Å². The molecule has 1 saturated heterocycles. The van der Waals surface area contributed by atoms with Gasteiger partial charge in [-0.05, 0) is 77.0 Å². The Morgan fingerprint density at radius 1 is 0.455 bits per heavy atom. The molecule has 77 heavy (non-hydrogen) atoms. The Bertz CT molecular complexity index is 1660. The molecular formula is C65H108O12. The van der Waals surface area contributed by atoms with Gasteiger partial charge in [-0.1, -0.05) is 241 Å². The van der Waals surface area contributed by atoms with Crippen molar-refractivity contribution >= 4 is 23.9 Å². The van der Waals surface area contributed by atoms with E-state index in [1.807, 2.05) is 12.2 Å². The van der Waals surface area contributed by atoms with Crippen molar-refractivity contribution in [1.82, 2.24) is 0 Å². The molecule has 0 radical (unpaired) electrons. The SMILES string of the molecule is CC/C=C\C/C=C\C/C=C\C/C=C\C/C=C\CC(=O)OCC(COC1OC(C(=O)O)C(O)C(O)C1OC(=O)CCCCCCCCC/C=C\C/C=C\CCCCC)OC(=O)CCCCCCCCCCCCCCCCC. The Labute approximate surface area is 467 Å². The Balaban J connectivity index is 2.73. The van der Waals surface area contributed by atoms with Crippen molar-refractivity contribution in [2.75, 3.05) is 13.2 Å². The minimum Gasteiger partial charge on any atom is -0.479 e. The highest BCUT2D eigenvalue weighted by molar-refractivity contribution is 5.74. The number of aliphatic hydroxyl groups is 2. The summed E-state index contributed by atoms with van der Waals surface area (Å²) in [4.78, 5) is 51.1. The van der Waals surface area contributed by atoms with Crippen molar-refractivity contribution in [2.24, 2.45) is 0 Å². The fourth-order valence-electron chi connectivity index (χ4n) is 8.82. The van der Waals surface area contributed by atoms with Gasteiger partial charge in [0.05, 0.1) is 13.0 Å². The number of hydrogen-bond donors (Lipinski definition) is 3. The van der Waals surface area contributed by atoms with Crippen LogP contribution in [0.1, 0.15) is 252 Å². The van der Waals surface area contributed by atoms with Crippen LogP contribution in [0.4, 0.5) is 0 Å². The average molecular weight is 1080 g/mol. The molecule has 440 valence electrons. The number of ether oxygens (including phenoxy) is 5. The van der Waals surface area contributed by atoms with Gasteiger partial charge in [-0.25, -0.2) is 4.79 Å². The molecule has 0 saturated carbocycles. The fraction of sp³-hybridized carbons (Fsp3) is 0.723. The summed E-state index contributed by atoms with van der Waals surface area (Å²) in [6.45, 7) is 5.78. The van der Waals surface area contributed by atoms with Crippen molar-refractivity contribution in [3.05, 3.63) is 85.1 Å². The zero-order chi connectivity index (χ0) is 56.1. The van der Waals surface area contributed by atoms with Gasteiger partial charge in [0.25, 0.3) is 0 Å². The zero-order valence-corrected chi connectivity index (χ0v) is 48.4. The van der Waals surface area contributed by atoms with Crippen LogP contribution in [-0.4, -0.2) is 89.2 Å². The van der Waals surface area contributed by atoms with Crippen molar-refractivity contribution in [2.45, 2.75) is 289 Å². The third-order valence-corrected chi connectivity index (χ3v) is 13.5. The summed E-state index contributed by atoms with van der Waals surface area (Å²) in [5.74, 6) is -3.29. The topological polar surface area (TPSA) is 175 Å². The van der Waals surface area contributed by atoms with Crippen LogP contribution in [0.2, 0.25) is 0 Å². The molecular weight excluding hydrogens is 973 g/mol. The lowest BCUT2D eigenvalue weighted by molar-refractivity contribution is -0.301. The van der Waals surface area contributed by atoms with Gasteiger partial charge in [0.2, 0.25) is 0 Å². The van der Waals surface area contributed by atoms with Gasteiger partial charge < -0.3 is 39.0 Å². The molecule has 0 aliphatic carbocycles. The highest BCUT2D eigenvalue weighted by Gasteiger charge is 2.50. The molecule has 0 bridgehead atoms. The number of aliphatic carboxylic acids is 1. The summed E-state index contributed by atoms with van der Waals surface area (Å²) in [7, 11) is 0. The van der Waals surface area contributed by atoms with Gasteiger partial charge in [-0.2, -0.15) is 0 Å². The number of unbranched alkanes of at least 4 members (excludes halogenated alkanes) is 24. The quantitative estimate of drug-likeness (QED) is 0.0228. The maximum Gasteiger partial charge on any atom is 0.335 e. The summed E-state index contributed by atoms with van der Waals surface area (Å²) < 4.78 is 28.3. The van der Waals surface area contributed by atoms with Crippen molar-refractivity contribution in [3.63, 3.8) is 0 Å². The summed E-state index contributed by atoms with van der Waals surface area (Å²) in [6, 6.07) is 0. The maximum absolute atomic E-state index is 13.2. The molecule has 1 aliphatic rings. The third kappa shape index (κ3) is 42.5. The van der Waals surface area contributed by atoms with Gasteiger partial charge in [0.15, 0.2) is 24.6 Å². The molecule has 12 heteroatoms. The standard InChI is InChI=1S/C65H108O12/c1-4-7-10-13-16-19-22-25-28-29-32-35-38-41-44-47-50-53-59(68)76-63-61(70)60(69)62(64(71)72)77-65(63)74-55-56(75-58(67)52-49-46-43-40-37-34-31-27-24-21-18-15-12-9-6-3)54-73-57(66)51-48-45-42-39-36-33-30-26-23-20-17-14-11-8-5-2/h8,11,16-17,19-20,25-26,28,30,36,39,45,48,56,60-63,65,69-70H,4-7,9-10,12-15,18,21-24,27,29,31-35,37-38,40-44,46-47,49-55H2,1-3H3,(H,71,72)/b11-8-,19-16-,20-17-,28-25-,30-26-,39-36-,48-45-. The zero-order valence-electron chi connectivity index (χ0n) is 48.4.